The Kier molecular flexibility index (Phi) is 4.66. The molecule has 2 heterocycles. The number of hydrogen-bond acceptors (Lipinski definition) is 4. The first-order chi connectivity index (χ1) is 8.74. The van der Waals surface area contributed by atoms with Gasteiger partial charge in [0.05, 0.1) is 13.2 Å². The molecule has 0 aliphatic carbocycles. The van der Waals surface area contributed by atoms with Gasteiger partial charge in [0.2, 0.25) is 5.91 Å². The number of pyridine rings is 1. The Morgan fingerprint density at radius 3 is 3.17 bits per heavy atom. The van der Waals surface area contributed by atoms with Crippen LogP contribution in [0.3, 0.4) is 0 Å². The van der Waals surface area contributed by atoms with Gasteiger partial charge in [-0.3, -0.25) is 9.78 Å². The van der Waals surface area contributed by atoms with Gasteiger partial charge in [-0.05, 0) is 18.6 Å². The SMILES string of the molecule is Cc1ccc(CNC(=O)CC2COCCN2)cn1. The Labute approximate surface area is 107 Å². The van der Waals surface area contributed by atoms with Gasteiger partial charge in [0, 0.05) is 37.4 Å². The number of amides is 1. The Hall–Kier alpha value is -1.46. The molecule has 1 aromatic rings. The summed E-state index contributed by atoms with van der Waals surface area (Å²) in [7, 11) is 0. The summed E-state index contributed by atoms with van der Waals surface area (Å²) in [6.07, 6.45) is 2.25. The number of ether oxygens (including phenoxy) is 1. The zero-order valence-corrected chi connectivity index (χ0v) is 10.6. The van der Waals surface area contributed by atoms with E-state index in [1.54, 1.807) is 6.20 Å². The molecule has 0 spiro atoms. The predicted molar refractivity (Wildman–Crippen MR) is 68.0 cm³/mol. The maximum Gasteiger partial charge on any atom is 0.221 e. The molecule has 1 aliphatic heterocycles. The zero-order valence-electron chi connectivity index (χ0n) is 10.6. The minimum absolute atomic E-state index is 0.0403. The van der Waals surface area contributed by atoms with Crippen molar-refractivity contribution in [3.63, 3.8) is 0 Å². The summed E-state index contributed by atoms with van der Waals surface area (Å²) in [5.74, 6) is 0.0403. The van der Waals surface area contributed by atoms with E-state index in [0.717, 1.165) is 24.4 Å². The lowest BCUT2D eigenvalue weighted by Gasteiger charge is -2.23. The molecule has 1 unspecified atom stereocenters. The molecule has 0 radical (unpaired) electrons. The molecule has 5 heteroatoms. The van der Waals surface area contributed by atoms with Gasteiger partial charge >= 0.3 is 0 Å². The number of nitrogens with one attached hydrogen (secondary N) is 2. The van der Waals surface area contributed by atoms with Crippen molar-refractivity contribution in [1.82, 2.24) is 15.6 Å². The van der Waals surface area contributed by atoms with E-state index in [-0.39, 0.29) is 11.9 Å². The number of carbonyl (C=O) groups excluding carboxylic acids is 1. The van der Waals surface area contributed by atoms with Gasteiger partial charge in [-0.15, -0.1) is 0 Å². The summed E-state index contributed by atoms with van der Waals surface area (Å²) in [4.78, 5) is 15.9. The fourth-order valence-electron chi connectivity index (χ4n) is 1.85. The summed E-state index contributed by atoms with van der Waals surface area (Å²) >= 11 is 0. The second-order valence-corrected chi connectivity index (χ2v) is 4.51. The standard InChI is InChI=1S/C13H19N3O2/c1-10-2-3-11(7-15-10)8-16-13(17)6-12-9-18-5-4-14-12/h2-3,7,12,14H,4-6,8-9H2,1H3,(H,16,17). The topological polar surface area (TPSA) is 63.2 Å². The van der Waals surface area contributed by atoms with Crippen molar-refractivity contribution in [1.29, 1.82) is 0 Å². The maximum atomic E-state index is 11.7. The van der Waals surface area contributed by atoms with Crippen LogP contribution in [0.5, 0.6) is 0 Å². The molecule has 1 saturated heterocycles. The summed E-state index contributed by atoms with van der Waals surface area (Å²) in [5.41, 5.74) is 2.00. The molecule has 1 atom stereocenters. The molecular weight excluding hydrogens is 230 g/mol. The van der Waals surface area contributed by atoms with Crippen molar-refractivity contribution in [2.75, 3.05) is 19.8 Å². The highest BCUT2D eigenvalue weighted by Gasteiger charge is 2.16. The van der Waals surface area contributed by atoms with Crippen LogP contribution in [-0.4, -0.2) is 36.7 Å². The largest absolute Gasteiger partial charge is 0.378 e. The summed E-state index contributed by atoms with van der Waals surface area (Å²) in [6, 6.07) is 4.05. The van der Waals surface area contributed by atoms with E-state index in [1.165, 1.54) is 0 Å². The molecule has 1 amide bonds. The maximum absolute atomic E-state index is 11.7. The third kappa shape index (κ3) is 4.09. The van der Waals surface area contributed by atoms with Crippen LogP contribution in [0.1, 0.15) is 17.7 Å². The number of aromatic nitrogens is 1. The molecular formula is C13H19N3O2. The van der Waals surface area contributed by atoms with Gasteiger partial charge in [-0.1, -0.05) is 6.07 Å². The van der Waals surface area contributed by atoms with E-state index in [2.05, 4.69) is 15.6 Å². The van der Waals surface area contributed by atoms with E-state index < -0.39 is 0 Å². The normalized spacial score (nSPS) is 19.5. The molecule has 1 aliphatic rings. The summed E-state index contributed by atoms with van der Waals surface area (Å²) in [5, 5.41) is 6.15. The number of rotatable bonds is 4. The van der Waals surface area contributed by atoms with Gasteiger partial charge in [0.1, 0.15) is 0 Å². The van der Waals surface area contributed by atoms with Crippen LogP contribution >= 0.6 is 0 Å². The Morgan fingerprint density at radius 1 is 1.61 bits per heavy atom. The second-order valence-electron chi connectivity index (χ2n) is 4.51. The van der Waals surface area contributed by atoms with Crippen molar-refractivity contribution in [2.45, 2.75) is 25.9 Å². The number of carbonyl (C=O) groups is 1. The van der Waals surface area contributed by atoms with Crippen molar-refractivity contribution < 1.29 is 9.53 Å². The Morgan fingerprint density at radius 2 is 2.50 bits per heavy atom. The first-order valence-corrected chi connectivity index (χ1v) is 6.23. The van der Waals surface area contributed by atoms with Crippen LogP contribution in [-0.2, 0) is 16.1 Å². The van der Waals surface area contributed by atoms with Crippen molar-refractivity contribution in [3.05, 3.63) is 29.6 Å². The molecule has 1 fully saturated rings. The minimum Gasteiger partial charge on any atom is -0.378 e. The minimum atomic E-state index is 0.0403. The summed E-state index contributed by atoms with van der Waals surface area (Å²) < 4.78 is 5.31. The van der Waals surface area contributed by atoms with Crippen LogP contribution in [0.15, 0.2) is 18.3 Å². The van der Waals surface area contributed by atoms with E-state index in [0.29, 0.717) is 19.6 Å². The molecule has 2 rings (SSSR count). The van der Waals surface area contributed by atoms with Gasteiger partial charge in [-0.2, -0.15) is 0 Å². The fourth-order valence-corrected chi connectivity index (χ4v) is 1.85. The van der Waals surface area contributed by atoms with Crippen LogP contribution in [0.25, 0.3) is 0 Å². The monoisotopic (exact) mass is 249 g/mol. The van der Waals surface area contributed by atoms with E-state index in [9.17, 15) is 4.79 Å². The van der Waals surface area contributed by atoms with Crippen molar-refractivity contribution in [3.8, 4) is 0 Å². The lowest BCUT2D eigenvalue weighted by atomic mass is 10.2. The second kappa shape index (κ2) is 6.47. The lowest BCUT2D eigenvalue weighted by Crippen LogP contribution is -2.44. The molecule has 18 heavy (non-hydrogen) atoms. The van der Waals surface area contributed by atoms with Crippen molar-refractivity contribution in [2.24, 2.45) is 0 Å². The number of aryl methyl sites for hydroxylation is 1. The van der Waals surface area contributed by atoms with E-state index in [1.807, 2.05) is 19.1 Å². The van der Waals surface area contributed by atoms with Crippen LogP contribution in [0.4, 0.5) is 0 Å². The average Bonchev–Trinajstić information content (AvgIpc) is 2.39. The van der Waals surface area contributed by atoms with Crippen LogP contribution in [0.2, 0.25) is 0 Å². The number of morpholine rings is 1. The molecule has 2 N–H and O–H groups in total. The van der Waals surface area contributed by atoms with E-state index >= 15 is 0 Å². The average molecular weight is 249 g/mol. The zero-order chi connectivity index (χ0) is 12.8. The lowest BCUT2D eigenvalue weighted by molar-refractivity contribution is -0.122. The summed E-state index contributed by atoms with van der Waals surface area (Å²) in [6.45, 7) is 4.63. The highest BCUT2D eigenvalue weighted by molar-refractivity contribution is 5.76. The van der Waals surface area contributed by atoms with Gasteiger partial charge in [0.15, 0.2) is 0 Å². The van der Waals surface area contributed by atoms with E-state index in [4.69, 9.17) is 4.74 Å². The predicted octanol–water partition coefficient (Wildman–Crippen LogP) is 0.385. The quantitative estimate of drug-likeness (QED) is 0.810. The third-order valence-corrected chi connectivity index (χ3v) is 2.89. The Bertz CT molecular complexity index is 386. The molecule has 5 nitrogen and oxygen atoms in total. The van der Waals surface area contributed by atoms with Crippen molar-refractivity contribution >= 4 is 5.91 Å². The van der Waals surface area contributed by atoms with Crippen LogP contribution < -0.4 is 10.6 Å². The Balaban J connectivity index is 1.72. The van der Waals surface area contributed by atoms with Gasteiger partial charge < -0.3 is 15.4 Å². The first-order valence-electron chi connectivity index (χ1n) is 6.23. The highest BCUT2D eigenvalue weighted by atomic mass is 16.5. The fraction of sp³-hybridized carbons (Fsp3) is 0.538. The third-order valence-electron chi connectivity index (χ3n) is 2.89. The molecule has 0 aromatic carbocycles. The molecule has 0 saturated carbocycles. The van der Waals surface area contributed by atoms with Crippen LogP contribution in [0, 0.1) is 6.92 Å². The molecule has 0 bridgehead atoms. The smallest absolute Gasteiger partial charge is 0.221 e. The number of nitrogens with zero attached hydrogens (tertiary/aromatic N) is 1. The number of hydrogen-bond donors (Lipinski definition) is 2. The highest BCUT2D eigenvalue weighted by Crippen LogP contribution is 2.01. The van der Waals surface area contributed by atoms with Gasteiger partial charge in [0.25, 0.3) is 0 Å². The molecule has 98 valence electrons. The molecule has 1 aromatic heterocycles. The van der Waals surface area contributed by atoms with Gasteiger partial charge in [-0.25, -0.2) is 0 Å². The first kappa shape index (κ1) is 13.0.